The van der Waals surface area contributed by atoms with Crippen molar-refractivity contribution in [2.45, 2.75) is 38.9 Å². The average molecular weight is 385 g/mol. The Morgan fingerprint density at radius 3 is 2.37 bits per heavy atom. The molecule has 2 aromatic rings. The molecule has 4 rings (SSSR count). The molecule has 2 amide bonds. The minimum atomic E-state index is -3.15. The third kappa shape index (κ3) is 3.34. The maximum Gasteiger partial charge on any atom is 0.325 e. The van der Waals surface area contributed by atoms with Gasteiger partial charge in [0, 0.05) is 12.2 Å². The summed E-state index contributed by atoms with van der Waals surface area (Å²) in [5, 5.41) is 0. The van der Waals surface area contributed by atoms with Gasteiger partial charge < -0.3 is 4.90 Å². The second kappa shape index (κ2) is 6.68. The second-order valence-corrected chi connectivity index (χ2v) is 9.65. The SMILES string of the molecule is CCc1ccc(N2C(=O)N(Cc3cccc(C)c3)[C@H]3CS(=O)(=O)C[C@@H]32)cc1. The van der Waals surface area contributed by atoms with Crippen molar-refractivity contribution in [2.75, 3.05) is 16.4 Å². The summed E-state index contributed by atoms with van der Waals surface area (Å²) < 4.78 is 24.6. The Morgan fingerprint density at radius 2 is 1.70 bits per heavy atom. The van der Waals surface area contributed by atoms with Crippen LogP contribution in [-0.4, -0.2) is 42.9 Å². The van der Waals surface area contributed by atoms with Gasteiger partial charge in [0.2, 0.25) is 0 Å². The van der Waals surface area contributed by atoms with E-state index in [2.05, 4.69) is 6.92 Å². The van der Waals surface area contributed by atoms with Crippen LogP contribution in [0.5, 0.6) is 0 Å². The Hall–Kier alpha value is -2.34. The van der Waals surface area contributed by atoms with Crippen LogP contribution in [0.25, 0.3) is 0 Å². The Morgan fingerprint density at radius 1 is 1.00 bits per heavy atom. The van der Waals surface area contributed by atoms with Crippen LogP contribution in [0.3, 0.4) is 0 Å². The zero-order chi connectivity index (χ0) is 19.2. The fraction of sp³-hybridized carbons (Fsp3) is 0.381. The summed E-state index contributed by atoms with van der Waals surface area (Å²) in [6.45, 7) is 4.53. The highest BCUT2D eigenvalue weighted by Crippen LogP contribution is 2.36. The zero-order valence-corrected chi connectivity index (χ0v) is 16.4. The van der Waals surface area contributed by atoms with Crippen molar-refractivity contribution in [3.8, 4) is 0 Å². The lowest BCUT2D eigenvalue weighted by molar-refractivity contribution is 0.206. The first kappa shape index (κ1) is 18.0. The van der Waals surface area contributed by atoms with E-state index in [4.69, 9.17) is 0 Å². The van der Waals surface area contributed by atoms with Gasteiger partial charge in [0.15, 0.2) is 9.84 Å². The number of hydrogen-bond donors (Lipinski definition) is 0. The quantitative estimate of drug-likeness (QED) is 0.761. The number of urea groups is 1. The fourth-order valence-electron chi connectivity index (χ4n) is 4.16. The molecule has 0 saturated carbocycles. The van der Waals surface area contributed by atoms with E-state index in [0.29, 0.717) is 6.54 Å². The van der Waals surface area contributed by atoms with Crippen LogP contribution in [0.1, 0.15) is 23.6 Å². The van der Waals surface area contributed by atoms with E-state index in [-0.39, 0.29) is 29.6 Å². The van der Waals surface area contributed by atoms with Crippen LogP contribution in [0.2, 0.25) is 0 Å². The molecule has 2 fully saturated rings. The number of benzene rings is 2. The third-order valence-corrected chi connectivity index (χ3v) is 7.23. The summed E-state index contributed by atoms with van der Waals surface area (Å²) in [4.78, 5) is 16.7. The first-order chi connectivity index (χ1) is 12.9. The molecule has 2 aromatic carbocycles. The molecular weight excluding hydrogens is 360 g/mol. The highest BCUT2D eigenvalue weighted by molar-refractivity contribution is 7.91. The molecule has 27 heavy (non-hydrogen) atoms. The van der Waals surface area contributed by atoms with Crippen LogP contribution in [-0.2, 0) is 22.8 Å². The van der Waals surface area contributed by atoms with E-state index in [9.17, 15) is 13.2 Å². The van der Waals surface area contributed by atoms with E-state index in [1.54, 1.807) is 9.80 Å². The lowest BCUT2D eigenvalue weighted by Crippen LogP contribution is -2.37. The lowest BCUT2D eigenvalue weighted by Gasteiger charge is -2.23. The highest BCUT2D eigenvalue weighted by Gasteiger charge is 2.53. The summed E-state index contributed by atoms with van der Waals surface area (Å²) in [6.07, 6.45) is 0.925. The molecule has 0 aliphatic carbocycles. The highest BCUT2D eigenvalue weighted by atomic mass is 32.2. The van der Waals surface area contributed by atoms with Gasteiger partial charge in [-0.05, 0) is 36.6 Å². The molecule has 2 aliphatic heterocycles. The number of sulfone groups is 1. The molecule has 2 heterocycles. The minimum absolute atomic E-state index is 0.0310. The van der Waals surface area contributed by atoms with Crippen LogP contribution in [0.15, 0.2) is 48.5 Å². The van der Waals surface area contributed by atoms with Gasteiger partial charge in [0.25, 0.3) is 0 Å². The standard InChI is InChI=1S/C21H24N2O3S/c1-3-16-7-9-18(10-8-16)23-20-14-27(25,26)13-19(20)22(21(23)24)12-17-6-4-5-15(2)11-17/h4-11,19-20H,3,12-14H2,1-2H3/t19-,20-/m0/s1. The summed E-state index contributed by atoms with van der Waals surface area (Å²) in [6, 6.07) is 15.1. The molecule has 2 aliphatic rings. The molecule has 0 bridgehead atoms. The molecule has 0 spiro atoms. The molecule has 0 unspecified atom stereocenters. The van der Waals surface area contributed by atoms with Gasteiger partial charge in [-0.15, -0.1) is 0 Å². The molecule has 6 heteroatoms. The smallest absolute Gasteiger partial charge is 0.314 e. The number of carbonyl (C=O) groups excluding carboxylic acids is 1. The topological polar surface area (TPSA) is 57.7 Å². The predicted octanol–water partition coefficient (Wildman–Crippen LogP) is 3.17. The summed E-state index contributed by atoms with van der Waals surface area (Å²) in [5.74, 6) is 0.0714. The van der Waals surface area contributed by atoms with Crippen LogP contribution in [0, 0.1) is 6.92 Å². The molecule has 0 aromatic heterocycles. The lowest BCUT2D eigenvalue weighted by atomic mass is 10.1. The number of amides is 2. The molecule has 0 radical (unpaired) electrons. The monoisotopic (exact) mass is 384 g/mol. The zero-order valence-electron chi connectivity index (χ0n) is 15.6. The molecular formula is C21H24N2O3S. The number of anilines is 1. The van der Waals surface area contributed by atoms with E-state index < -0.39 is 9.84 Å². The molecule has 142 valence electrons. The number of carbonyl (C=O) groups is 1. The van der Waals surface area contributed by atoms with Gasteiger partial charge in [-0.1, -0.05) is 48.9 Å². The number of aryl methyl sites for hydroxylation is 2. The first-order valence-corrected chi connectivity index (χ1v) is 11.1. The summed E-state index contributed by atoms with van der Waals surface area (Å²) in [5.41, 5.74) is 4.12. The van der Waals surface area contributed by atoms with Crippen molar-refractivity contribution in [3.63, 3.8) is 0 Å². The van der Waals surface area contributed by atoms with Crippen molar-refractivity contribution < 1.29 is 13.2 Å². The summed E-state index contributed by atoms with van der Waals surface area (Å²) in [7, 11) is -3.15. The number of nitrogens with zero attached hydrogens (tertiary/aromatic N) is 2. The van der Waals surface area contributed by atoms with Crippen molar-refractivity contribution in [1.82, 2.24) is 4.90 Å². The average Bonchev–Trinajstić information content (AvgIpc) is 3.06. The van der Waals surface area contributed by atoms with Gasteiger partial charge in [-0.25, -0.2) is 13.2 Å². The largest absolute Gasteiger partial charge is 0.325 e. The normalized spacial score (nSPS) is 23.7. The Labute approximate surface area is 160 Å². The van der Waals surface area contributed by atoms with Crippen molar-refractivity contribution in [2.24, 2.45) is 0 Å². The van der Waals surface area contributed by atoms with Gasteiger partial charge in [-0.3, -0.25) is 4.90 Å². The molecule has 2 atom stereocenters. The maximum atomic E-state index is 13.2. The summed E-state index contributed by atoms with van der Waals surface area (Å²) >= 11 is 0. The molecule has 2 saturated heterocycles. The predicted molar refractivity (Wildman–Crippen MR) is 107 cm³/mol. The second-order valence-electron chi connectivity index (χ2n) is 7.50. The Balaban J connectivity index is 1.69. The van der Waals surface area contributed by atoms with Crippen LogP contribution >= 0.6 is 0 Å². The minimum Gasteiger partial charge on any atom is -0.314 e. The van der Waals surface area contributed by atoms with E-state index in [0.717, 1.165) is 23.2 Å². The van der Waals surface area contributed by atoms with Crippen molar-refractivity contribution >= 4 is 21.6 Å². The Kier molecular flexibility index (Phi) is 4.46. The number of fused-ring (bicyclic) bond motifs is 1. The van der Waals surface area contributed by atoms with Crippen molar-refractivity contribution in [3.05, 3.63) is 65.2 Å². The third-order valence-electron chi connectivity index (χ3n) is 5.54. The molecule has 0 N–H and O–H groups in total. The van der Waals surface area contributed by atoms with Crippen LogP contribution < -0.4 is 4.90 Å². The fourth-order valence-corrected chi connectivity index (χ4v) is 6.11. The molecule has 5 nitrogen and oxygen atoms in total. The number of hydrogen-bond acceptors (Lipinski definition) is 3. The van der Waals surface area contributed by atoms with Gasteiger partial charge in [-0.2, -0.15) is 0 Å². The number of rotatable bonds is 4. The Bertz CT molecular complexity index is 969. The van der Waals surface area contributed by atoms with Gasteiger partial charge in [0.1, 0.15) is 0 Å². The van der Waals surface area contributed by atoms with E-state index >= 15 is 0 Å². The van der Waals surface area contributed by atoms with E-state index in [1.165, 1.54) is 5.56 Å². The first-order valence-electron chi connectivity index (χ1n) is 9.33. The van der Waals surface area contributed by atoms with Gasteiger partial charge >= 0.3 is 6.03 Å². The van der Waals surface area contributed by atoms with E-state index in [1.807, 2.05) is 55.5 Å². The van der Waals surface area contributed by atoms with Gasteiger partial charge in [0.05, 0.1) is 23.6 Å². The van der Waals surface area contributed by atoms with Crippen molar-refractivity contribution in [1.29, 1.82) is 0 Å². The maximum absolute atomic E-state index is 13.2. The van der Waals surface area contributed by atoms with Crippen LogP contribution in [0.4, 0.5) is 10.5 Å².